The molecular weight excluding hydrogens is 518 g/mol. The number of rotatable bonds is 10. The van der Waals surface area contributed by atoms with Crippen molar-refractivity contribution < 1.29 is 23.7 Å². The molecule has 0 aliphatic carbocycles. The molecule has 3 aromatic rings. The van der Waals surface area contributed by atoms with E-state index in [-0.39, 0.29) is 11.4 Å². The number of aliphatic imine (C=N–C) groups is 1. The van der Waals surface area contributed by atoms with Crippen LogP contribution in [0.1, 0.15) is 17.5 Å². The number of ether oxygens (including phenoxy) is 4. The molecule has 0 saturated carbocycles. The molecule has 1 aromatic heterocycles. The lowest BCUT2D eigenvalue weighted by molar-refractivity contribution is -0.114. The molecule has 2 aromatic carbocycles. The third-order valence-electron chi connectivity index (χ3n) is 5.73. The quantitative estimate of drug-likeness (QED) is 0.291. The van der Waals surface area contributed by atoms with Crippen molar-refractivity contribution >= 4 is 39.8 Å². The highest BCUT2D eigenvalue weighted by molar-refractivity contribution is 8.27. The van der Waals surface area contributed by atoms with E-state index in [4.69, 9.17) is 24.4 Å². The summed E-state index contributed by atoms with van der Waals surface area (Å²) in [7, 11) is 3.15. The number of hydrogen-bond donors (Lipinski definition) is 1. The topological polar surface area (TPSA) is 119 Å². The Morgan fingerprint density at radius 1 is 0.949 bits per heavy atom. The molecule has 2 aliphatic rings. The third kappa shape index (κ3) is 5.78. The second-order valence-electron chi connectivity index (χ2n) is 8.28. The Morgan fingerprint density at radius 2 is 1.69 bits per heavy atom. The van der Waals surface area contributed by atoms with E-state index < -0.39 is 5.91 Å². The standard InChI is InChI=1S/C28H25N5O5S/c1-35-21-8-3-4-9-22(21)37-13-6-14-38-23-11-10-18(16-24(23)36-2)15-20-25(29)33-28(31-26(20)34)39-27(32-33)19-7-5-12-30-17-19/h3-5,7-12,15-17,29H,6,13-14H2,1-2H3/b20-15-,29-25?. The fourth-order valence-electron chi connectivity index (χ4n) is 3.82. The van der Waals surface area contributed by atoms with Crippen LogP contribution in [0, 0.1) is 5.41 Å². The number of nitrogens with zero attached hydrogens (tertiary/aromatic N) is 4. The van der Waals surface area contributed by atoms with Crippen LogP contribution in [-0.4, -0.2) is 59.4 Å². The number of hydrogen-bond acceptors (Lipinski definition) is 9. The van der Waals surface area contributed by atoms with Crippen molar-refractivity contribution in [2.24, 2.45) is 10.1 Å². The van der Waals surface area contributed by atoms with E-state index in [1.54, 1.807) is 57.0 Å². The van der Waals surface area contributed by atoms with Gasteiger partial charge in [-0.3, -0.25) is 15.2 Å². The van der Waals surface area contributed by atoms with Crippen LogP contribution in [0.4, 0.5) is 0 Å². The van der Waals surface area contributed by atoms with E-state index in [0.29, 0.717) is 58.4 Å². The van der Waals surface area contributed by atoms with Crippen molar-refractivity contribution in [1.82, 2.24) is 9.99 Å². The van der Waals surface area contributed by atoms with E-state index in [1.165, 1.54) is 16.8 Å². The Balaban J connectivity index is 1.24. The maximum absolute atomic E-state index is 12.8. The molecule has 0 bridgehead atoms. The molecule has 0 fully saturated rings. The van der Waals surface area contributed by atoms with Gasteiger partial charge in [0.1, 0.15) is 5.04 Å². The average Bonchev–Trinajstić information content (AvgIpc) is 3.40. The number of para-hydroxylation sites is 2. The third-order valence-corrected chi connectivity index (χ3v) is 6.69. The predicted octanol–water partition coefficient (Wildman–Crippen LogP) is 4.61. The van der Waals surface area contributed by atoms with Crippen molar-refractivity contribution in [3.63, 3.8) is 0 Å². The molecule has 11 heteroatoms. The second-order valence-corrected chi connectivity index (χ2v) is 9.23. The van der Waals surface area contributed by atoms with E-state index in [1.807, 2.05) is 30.3 Å². The highest BCUT2D eigenvalue weighted by Gasteiger charge is 2.36. The first kappa shape index (κ1) is 26.0. The molecule has 5 rings (SSSR count). The van der Waals surface area contributed by atoms with Crippen molar-refractivity contribution in [3.05, 3.63) is 83.7 Å². The normalized spacial score (nSPS) is 15.5. The molecule has 198 valence electrons. The Bertz CT molecular complexity index is 1490. The average molecular weight is 544 g/mol. The zero-order chi connectivity index (χ0) is 27.2. The van der Waals surface area contributed by atoms with Crippen LogP contribution in [0.25, 0.3) is 6.08 Å². The Labute approximate surface area is 229 Å². The van der Waals surface area contributed by atoms with Crippen LogP contribution in [-0.2, 0) is 4.79 Å². The number of methoxy groups -OCH3 is 2. The number of carbonyl (C=O) groups is 1. The van der Waals surface area contributed by atoms with Crippen molar-refractivity contribution in [1.29, 1.82) is 5.41 Å². The number of benzene rings is 2. The van der Waals surface area contributed by atoms with Crippen LogP contribution in [0.5, 0.6) is 23.0 Å². The Kier molecular flexibility index (Phi) is 7.88. The molecule has 2 aliphatic heterocycles. The van der Waals surface area contributed by atoms with Crippen molar-refractivity contribution in [3.8, 4) is 23.0 Å². The van der Waals surface area contributed by atoms with Gasteiger partial charge < -0.3 is 18.9 Å². The van der Waals surface area contributed by atoms with E-state index in [9.17, 15) is 4.79 Å². The molecule has 0 saturated heterocycles. The summed E-state index contributed by atoms with van der Waals surface area (Å²) in [6, 6.07) is 16.4. The maximum atomic E-state index is 12.8. The summed E-state index contributed by atoms with van der Waals surface area (Å²) < 4.78 is 22.5. The number of thioether (sulfide) groups is 1. The minimum atomic E-state index is -0.504. The van der Waals surface area contributed by atoms with Crippen LogP contribution in [0.3, 0.4) is 0 Å². The van der Waals surface area contributed by atoms with Crippen LogP contribution in [0.2, 0.25) is 0 Å². The Morgan fingerprint density at radius 3 is 2.41 bits per heavy atom. The molecule has 0 spiro atoms. The summed E-state index contributed by atoms with van der Waals surface area (Å²) in [5, 5.41) is 15.4. The summed E-state index contributed by atoms with van der Waals surface area (Å²) >= 11 is 1.23. The first-order valence-electron chi connectivity index (χ1n) is 12.0. The lowest BCUT2D eigenvalue weighted by atomic mass is 10.1. The van der Waals surface area contributed by atoms with Crippen LogP contribution in [0.15, 0.2) is 82.7 Å². The van der Waals surface area contributed by atoms with Gasteiger partial charge in [-0.25, -0.2) is 0 Å². The fourth-order valence-corrected chi connectivity index (χ4v) is 4.70. The van der Waals surface area contributed by atoms with E-state index in [2.05, 4.69) is 15.1 Å². The number of aromatic nitrogens is 1. The number of nitrogens with one attached hydrogen (secondary N) is 1. The number of amides is 1. The minimum Gasteiger partial charge on any atom is -0.493 e. The summed E-state index contributed by atoms with van der Waals surface area (Å²) in [5.74, 6) is 1.87. The molecule has 1 N–H and O–H groups in total. The largest absolute Gasteiger partial charge is 0.493 e. The highest BCUT2D eigenvalue weighted by atomic mass is 32.2. The van der Waals surface area contributed by atoms with Crippen LogP contribution < -0.4 is 18.9 Å². The maximum Gasteiger partial charge on any atom is 0.283 e. The molecule has 3 heterocycles. The first-order valence-corrected chi connectivity index (χ1v) is 12.9. The smallest absolute Gasteiger partial charge is 0.283 e. The van der Waals surface area contributed by atoms with Gasteiger partial charge in [0.2, 0.25) is 5.17 Å². The predicted molar refractivity (Wildman–Crippen MR) is 150 cm³/mol. The Hall–Kier alpha value is -4.64. The second kappa shape index (κ2) is 11.8. The molecular formula is C28H25N5O5S. The number of hydrazone groups is 1. The van der Waals surface area contributed by atoms with Gasteiger partial charge in [0.25, 0.3) is 5.91 Å². The van der Waals surface area contributed by atoms with Gasteiger partial charge in [-0.05, 0) is 59.8 Å². The van der Waals surface area contributed by atoms with Gasteiger partial charge in [-0.2, -0.15) is 15.1 Å². The monoisotopic (exact) mass is 543 g/mol. The van der Waals surface area contributed by atoms with Gasteiger partial charge >= 0.3 is 0 Å². The van der Waals surface area contributed by atoms with Gasteiger partial charge in [0.05, 0.1) is 33.0 Å². The van der Waals surface area contributed by atoms with Crippen molar-refractivity contribution in [2.75, 3.05) is 27.4 Å². The van der Waals surface area contributed by atoms with Gasteiger partial charge in [-0.15, -0.1) is 0 Å². The molecule has 0 atom stereocenters. The lowest BCUT2D eigenvalue weighted by Gasteiger charge is -2.20. The summed E-state index contributed by atoms with van der Waals surface area (Å²) in [6.45, 7) is 0.871. The highest BCUT2D eigenvalue weighted by Crippen LogP contribution is 2.33. The minimum absolute atomic E-state index is 0.0502. The summed E-state index contributed by atoms with van der Waals surface area (Å²) in [6.07, 6.45) is 5.59. The SMILES string of the molecule is COc1ccccc1OCCCOc1ccc(/C=C2/C(=N)N3N=C(c4cccnc4)SC3=NC2=O)cc1OC. The molecule has 10 nitrogen and oxygen atoms in total. The zero-order valence-corrected chi connectivity index (χ0v) is 22.1. The lowest BCUT2D eigenvalue weighted by Crippen LogP contribution is -2.35. The van der Waals surface area contributed by atoms with Gasteiger partial charge in [0, 0.05) is 24.4 Å². The summed E-state index contributed by atoms with van der Waals surface area (Å²) in [5.41, 5.74) is 1.57. The first-order chi connectivity index (χ1) is 19.1. The molecule has 39 heavy (non-hydrogen) atoms. The number of amidine groups is 2. The fraction of sp³-hybridized carbons (Fsp3) is 0.179. The van der Waals surface area contributed by atoms with E-state index in [0.717, 1.165) is 5.56 Å². The summed E-state index contributed by atoms with van der Waals surface area (Å²) in [4.78, 5) is 21.0. The van der Waals surface area contributed by atoms with Crippen molar-refractivity contribution in [2.45, 2.75) is 6.42 Å². The van der Waals surface area contributed by atoms with Gasteiger partial charge in [0.15, 0.2) is 28.8 Å². The number of fused-ring (bicyclic) bond motifs is 1. The number of pyridine rings is 1. The van der Waals surface area contributed by atoms with Crippen LogP contribution >= 0.6 is 11.8 Å². The van der Waals surface area contributed by atoms with E-state index >= 15 is 0 Å². The molecule has 1 amide bonds. The van der Waals surface area contributed by atoms with Gasteiger partial charge in [-0.1, -0.05) is 18.2 Å². The molecule has 0 radical (unpaired) electrons. The molecule has 0 unspecified atom stereocenters. The number of carbonyl (C=O) groups excluding carboxylic acids is 1. The zero-order valence-electron chi connectivity index (χ0n) is 21.3.